The fourth-order valence-electron chi connectivity index (χ4n) is 1.33. The summed E-state index contributed by atoms with van der Waals surface area (Å²) in [6.45, 7) is 0.556. The third kappa shape index (κ3) is 3.71. The standard InChI is InChI=1S/C12H9Br2ClOS/c13-6-8-5-9(1-3-11(8)14)16-7-10-2-4-12(15)17-10/h1-5H,6-7H2. The summed E-state index contributed by atoms with van der Waals surface area (Å²) in [6.07, 6.45) is 0. The number of hydrogen-bond donors (Lipinski definition) is 0. The number of benzene rings is 1. The molecule has 1 nitrogen and oxygen atoms in total. The Bertz CT molecular complexity index is 513. The monoisotopic (exact) mass is 394 g/mol. The number of halogens is 3. The van der Waals surface area contributed by atoms with Gasteiger partial charge in [0.15, 0.2) is 0 Å². The van der Waals surface area contributed by atoms with E-state index in [2.05, 4.69) is 31.9 Å². The van der Waals surface area contributed by atoms with Crippen LogP contribution in [0.2, 0.25) is 4.34 Å². The fourth-order valence-corrected chi connectivity index (χ4v) is 3.55. The quantitative estimate of drug-likeness (QED) is 0.608. The van der Waals surface area contributed by atoms with Gasteiger partial charge in [0.2, 0.25) is 0 Å². The fraction of sp³-hybridized carbons (Fsp3) is 0.167. The molecule has 0 aliphatic rings. The maximum absolute atomic E-state index is 5.86. The van der Waals surface area contributed by atoms with Crippen molar-refractivity contribution in [2.24, 2.45) is 0 Å². The summed E-state index contributed by atoms with van der Waals surface area (Å²) in [4.78, 5) is 1.12. The van der Waals surface area contributed by atoms with Gasteiger partial charge in [-0.1, -0.05) is 43.5 Å². The Balaban J connectivity index is 2.04. The summed E-state index contributed by atoms with van der Waals surface area (Å²) in [5, 5.41) is 0.801. The second-order valence-corrected chi connectivity index (χ2v) is 6.60. The zero-order chi connectivity index (χ0) is 12.3. The minimum Gasteiger partial charge on any atom is -0.488 e. The average molecular weight is 397 g/mol. The SMILES string of the molecule is Clc1ccc(COc2ccc(Br)c(CBr)c2)s1. The van der Waals surface area contributed by atoms with Crippen molar-refractivity contribution < 1.29 is 4.74 Å². The third-order valence-corrected chi connectivity index (χ3v) is 4.75. The Labute approximate surface area is 126 Å². The molecular formula is C12H9Br2ClOS. The molecular weight excluding hydrogens is 387 g/mol. The van der Waals surface area contributed by atoms with E-state index in [1.807, 2.05) is 30.3 Å². The summed E-state index contributed by atoms with van der Waals surface area (Å²) in [5.74, 6) is 0.868. The van der Waals surface area contributed by atoms with Gasteiger partial charge in [-0.05, 0) is 35.9 Å². The van der Waals surface area contributed by atoms with Gasteiger partial charge in [-0.3, -0.25) is 0 Å². The van der Waals surface area contributed by atoms with Crippen molar-refractivity contribution in [1.82, 2.24) is 0 Å². The maximum atomic E-state index is 5.86. The first-order valence-corrected chi connectivity index (χ1v) is 8.01. The van der Waals surface area contributed by atoms with Crippen molar-refractivity contribution in [3.8, 4) is 5.75 Å². The Morgan fingerprint density at radius 3 is 2.71 bits per heavy atom. The second kappa shape index (κ2) is 6.23. The van der Waals surface area contributed by atoms with E-state index in [1.54, 1.807) is 11.3 Å². The highest BCUT2D eigenvalue weighted by molar-refractivity contribution is 9.10. The lowest BCUT2D eigenvalue weighted by molar-refractivity contribution is 0.309. The van der Waals surface area contributed by atoms with Crippen LogP contribution in [0.1, 0.15) is 10.4 Å². The van der Waals surface area contributed by atoms with Gasteiger partial charge in [0.25, 0.3) is 0 Å². The van der Waals surface area contributed by atoms with Crippen LogP contribution in [0.5, 0.6) is 5.75 Å². The Morgan fingerprint density at radius 2 is 2.06 bits per heavy atom. The molecule has 1 aromatic carbocycles. The van der Waals surface area contributed by atoms with Crippen LogP contribution >= 0.6 is 54.8 Å². The van der Waals surface area contributed by atoms with Crippen LogP contribution in [0, 0.1) is 0 Å². The average Bonchev–Trinajstić information content (AvgIpc) is 2.74. The molecule has 0 aliphatic heterocycles. The maximum Gasteiger partial charge on any atom is 0.122 e. The zero-order valence-electron chi connectivity index (χ0n) is 8.75. The highest BCUT2D eigenvalue weighted by Gasteiger charge is 2.03. The van der Waals surface area contributed by atoms with Gasteiger partial charge in [0, 0.05) is 14.7 Å². The molecule has 0 atom stereocenters. The molecule has 0 aliphatic carbocycles. The summed E-state index contributed by atoms with van der Waals surface area (Å²) in [6, 6.07) is 9.83. The van der Waals surface area contributed by atoms with E-state index in [9.17, 15) is 0 Å². The highest BCUT2D eigenvalue weighted by Crippen LogP contribution is 2.26. The molecule has 0 saturated heterocycles. The largest absolute Gasteiger partial charge is 0.488 e. The third-order valence-electron chi connectivity index (χ3n) is 2.17. The highest BCUT2D eigenvalue weighted by atomic mass is 79.9. The Morgan fingerprint density at radius 1 is 1.24 bits per heavy atom. The number of alkyl halides is 1. The van der Waals surface area contributed by atoms with Crippen LogP contribution in [0.25, 0.3) is 0 Å². The van der Waals surface area contributed by atoms with E-state index in [4.69, 9.17) is 16.3 Å². The molecule has 17 heavy (non-hydrogen) atoms. The molecule has 0 bridgehead atoms. The van der Waals surface area contributed by atoms with Crippen molar-refractivity contribution in [3.63, 3.8) is 0 Å². The number of ether oxygens (including phenoxy) is 1. The van der Waals surface area contributed by atoms with Crippen LogP contribution in [0.15, 0.2) is 34.8 Å². The van der Waals surface area contributed by atoms with E-state index >= 15 is 0 Å². The van der Waals surface area contributed by atoms with E-state index in [0.717, 1.165) is 24.8 Å². The van der Waals surface area contributed by atoms with Crippen molar-refractivity contribution >= 4 is 54.8 Å². The molecule has 0 spiro atoms. The number of rotatable bonds is 4. The van der Waals surface area contributed by atoms with Crippen LogP contribution in [-0.4, -0.2) is 0 Å². The Hall–Kier alpha value is -0.0300. The lowest BCUT2D eigenvalue weighted by Crippen LogP contribution is -1.93. The molecule has 0 saturated carbocycles. The first kappa shape index (κ1) is 13.4. The topological polar surface area (TPSA) is 9.23 Å². The molecule has 0 unspecified atom stereocenters. The van der Waals surface area contributed by atoms with Gasteiger partial charge in [0.05, 0.1) is 4.34 Å². The van der Waals surface area contributed by atoms with Gasteiger partial charge < -0.3 is 4.74 Å². The predicted octanol–water partition coefficient (Wildman–Crippen LogP) is 5.64. The van der Waals surface area contributed by atoms with E-state index < -0.39 is 0 Å². The van der Waals surface area contributed by atoms with Gasteiger partial charge in [-0.25, -0.2) is 0 Å². The lowest BCUT2D eigenvalue weighted by Gasteiger charge is -2.07. The van der Waals surface area contributed by atoms with Crippen molar-refractivity contribution in [2.75, 3.05) is 0 Å². The molecule has 0 N–H and O–H groups in total. The van der Waals surface area contributed by atoms with E-state index in [0.29, 0.717) is 6.61 Å². The van der Waals surface area contributed by atoms with Gasteiger partial charge >= 0.3 is 0 Å². The van der Waals surface area contributed by atoms with Crippen LogP contribution < -0.4 is 4.74 Å². The summed E-state index contributed by atoms with van der Waals surface area (Å²) < 4.78 is 7.59. The molecule has 2 rings (SSSR count). The normalized spacial score (nSPS) is 10.5. The minimum absolute atomic E-state index is 0.556. The van der Waals surface area contributed by atoms with Crippen LogP contribution in [-0.2, 0) is 11.9 Å². The van der Waals surface area contributed by atoms with Crippen LogP contribution in [0.3, 0.4) is 0 Å². The predicted molar refractivity (Wildman–Crippen MR) is 80.4 cm³/mol. The minimum atomic E-state index is 0.556. The summed E-state index contributed by atoms with van der Waals surface area (Å²) in [5.41, 5.74) is 1.17. The zero-order valence-corrected chi connectivity index (χ0v) is 13.5. The summed E-state index contributed by atoms with van der Waals surface area (Å²) in [7, 11) is 0. The van der Waals surface area contributed by atoms with Gasteiger partial charge in [-0.2, -0.15) is 0 Å². The molecule has 2 aromatic rings. The second-order valence-electron chi connectivity index (χ2n) is 3.38. The number of thiophene rings is 1. The molecule has 1 heterocycles. The number of hydrogen-bond acceptors (Lipinski definition) is 2. The molecule has 90 valence electrons. The first-order valence-electron chi connectivity index (χ1n) is 4.90. The molecule has 0 radical (unpaired) electrons. The van der Waals surface area contributed by atoms with E-state index in [-0.39, 0.29) is 0 Å². The van der Waals surface area contributed by atoms with E-state index in [1.165, 1.54) is 5.56 Å². The molecule has 0 amide bonds. The van der Waals surface area contributed by atoms with Crippen LogP contribution in [0.4, 0.5) is 0 Å². The van der Waals surface area contributed by atoms with Crippen molar-refractivity contribution in [1.29, 1.82) is 0 Å². The van der Waals surface area contributed by atoms with Crippen molar-refractivity contribution in [2.45, 2.75) is 11.9 Å². The van der Waals surface area contributed by atoms with Gasteiger partial charge in [0.1, 0.15) is 12.4 Å². The first-order chi connectivity index (χ1) is 8.19. The lowest BCUT2D eigenvalue weighted by atomic mass is 10.2. The molecule has 0 fully saturated rings. The van der Waals surface area contributed by atoms with Gasteiger partial charge in [-0.15, -0.1) is 11.3 Å². The van der Waals surface area contributed by atoms with Crippen molar-refractivity contribution in [3.05, 3.63) is 49.6 Å². The molecule has 5 heteroatoms. The smallest absolute Gasteiger partial charge is 0.122 e. The summed E-state index contributed by atoms with van der Waals surface area (Å²) >= 11 is 14.3. The molecule has 1 aromatic heterocycles. The Kier molecular flexibility index (Phi) is 4.91.